The Balaban J connectivity index is 0.760. The molecule has 0 bridgehead atoms. The lowest BCUT2D eigenvalue weighted by molar-refractivity contribution is -0.166. The number of methoxy groups -OCH3 is 4. The molecule has 8 N–H and O–H groups in total. The SMILES string of the molecule is COC1CCC(OC2NC(NC3CCC(C=CC4CCC(NC5NC(OC6CCC(OC)CC6)NC(OC6CCC(OC)CC6)N5)CC4)CC3)NC(OC3CCC(OC)CC3)N2)CC1. The Hall–Kier alpha value is -0.900. The van der Waals surface area contributed by atoms with E-state index >= 15 is 0 Å². The van der Waals surface area contributed by atoms with E-state index in [0.29, 0.717) is 48.3 Å². The molecule has 8 rings (SSSR count). The molecule has 4 unspecified atom stereocenters. The molecule has 6 saturated carbocycles. The Bertz CT molecular complexity index is 1160. The monoisotopic (exact) mass is 905 g/mol. The smallest absolute Gasteiger partial charge is 0.169 e. The summed E-state index contributed by atoms with van der Waals surface area (Å²) in [4.78, 5) is 0. The van der Waals surface area contributed by atoms with Crippen LogP contribution in [-0.4, -0.2) is 127 Å². The Morgan fingerprint density at radius 1 is 0.297 bits per heavy atom. The molecule has 64 heavy (non-hydrogen) atoms. The third-order valence-electron chi connectivity index (χ3n) is 16.0. The van der Waals surface area contributed by atoms with E-state index < -0.39 is 0 Å². The average molecular weight is 905 g/mol. The molecule has 4 atom stereocenters. The zero-order valence-electron chi connectivity index (χ0n) is 39.8. The lowest BCUT2D eigenvalue weighted by Crippen LogP contribution is -2.74. The molecule has 0 aromatic heterocycles. The summed E-state index contributed by atoms with van der Waals surface area (Å²) in [5.74, 6) is 1.29. The summed E-state index contributed by atoms with van der Waals surface area (Å²) in [6, 6.07) is 0.877. The molecule has 0 radical (unpaired) electrons. The topological polar surface area (TPSA) is 170 Å². The molecule has 8 fully saturated rings. The Kier molecular flexibility index (Phi) is 19.8. The second kappa shape index (κ2) is 25.6. The molecule has 16 nitrogen and oxygen atoms in total. The van der Waals surface area contributed by atoms with E-state index in [9.17, 15) is 0 Å². The summed E-state index contributed by atoms with van der Waals surface area (Å²) in [6.07, 6.45) is 31.9. The summed E-state index contributed by atoms with van der Waals surface area (Å²) in [5, 5.41) is 29.7. The molecule has 0 amide bonds. The van der Waals surface area contributed by atoms with Crippen LogP contribution in [0.4, 0.5) is 0 Å². The number of hydrogen-bond acceptors (Lipinski definition) is 16. The quantitative estimate of drug-likeness (QED) is 0.0865. The van der Waals surface area contributed by atoms with E-state index in [1.165, 1.54) is 25.7 Å². The molecule has 2 saturated heterocycles. The van der Waals surface area contributed by atoms with Crippen molar-refractivity contribution in [2.24, 2.45) is 11.8 Å². The van der Waals surface area contributed by atoms with Crippen LogP contribution in [-0.2, 0) is 37.9 Å². The van der Waals surface area contributed by atoms with Gasteiger partial charge in [0.1, 0.15) is 12.6 Å². The van der Waals surface area contributed by atoms with Gasteiger partial charge in [-0.3, -0.25) is 31.9 Å². The van der Waals surface area contributed by atoms with Crippen LogP contribution in [0, 0.1) is 11.8 Å². The van der Waals surface area contributed by atoms with Gasteiger partial charge < -0.3 is 37.9 Å². The number of rotatable bonds is 18. The summed E-state index contributed by atoms with van der Waals surface area (Å²) in [6.45, 7) is 0. The van der Waals surface area contributed by atoms with Crippen LogP contribution in [0.15, 0.2) is 12.2 Å². The van der Waals surface area contributed by atoms with Gasteiger partial charge in [0.2, 0.25) is 0 Å². The highest BCUT2D eigenvalue weighted by Crippen LogP contribution is 2.32. The van der Waals surface area contributed by atoms with Gasteiger partial charge in [0.25, 0.3) is 0 Å². The first-order valence-corrected chi connectivity index (χ1v) is 25.9. The molecule has 0 spiro atoms. The third kappa shape index (κ3) is 15.3. The molecule has 0 aromatic carbocycles. The lowest BCUT2D eigenvalue weighted by Gasteiger charge is -2.43. The van der Waals surface area contributed by atoms with E-state index in [4.69, 9.17) is 37.9 Å². The summed E-state index contributed by atoms with van der Waals surface area (Å²) in [7, 11) is 7.28. The minimum atomic E-state index is -0.287. The standard InChI is InChI=1S/C48H88N8O8/c1-57-35-15-23-39(24-16-35)61-45-51-43(52-46(55-45)62-40-25-17-36(58-2)18-26-40)49-33-11-7-31(8-12-33)5-6-32-9-13-34(14-10-32)50-44-53-47(63-41-27-19-37(59-3)20-28-41)56-48(54-44)64-42-29-21-38(60-4)22-30-42/h5-6,31-56H,7-30H2,1-4H3. The Labute approximate surface area is 384 Å². The number of nitrogens with one attached hydrogen (secondary N) is 8. The number of hydrogen-bond donors (Lipinski definition) is 8. The second-order valence-electron chi connectivity index (χ2n) is 20.4. The van der Waals surface area contributed by atoms with E-state index in [1.54, 1.807) is 0 Å². The first kappa shape index (κ1) is 49.5. The van der Waals surface area contributed by atoms with Gasteiger partial charge in [0.05, 0.1) is 48.8 Å². The summed E-state index contributed by atoms with van der Waals surface area (Å²) in [5.41, 5.74) is 0. The Morgan fingerprint density at radius 2 is 0.531 bits per heavy atom. The van der Waals surface area contributed by atoms with Gasteiger partial charge in [-0.05, 0) is 166 Å². The zero-order valence-corrected chi connectivity index (χ0v) is 39.8. The molecule has 2 aliphatic heterocycles. The van der Waals surface area contributed by atoms with Crippen LogP contribution in [0.2, 0.25) is 0 Å². The van der Waals surface area contributed by atoms with Crippen LogP contribution >= 0.6 is 0 Å². The largest absolute Gasteiger partial charge is 0.381 e. The third-order valence-corrected chi connectivity index (χ3v) is 16.0. The molecule has 2 heterocycles. The first-order chi connectivity index (χ1) is 31.4. The van der Waals surface area contributed by atoms with Crippen molar-refractivity contribution in [1.29, 1.82) is 0 Å². The molecule has 368 valence electrons. The maximum absolute atomic E-state index is 6.62. The van der Waals surface area contributed by atoms with E-state index in [1.807, 2.05) is 28.4 Å². The molecule has 16 heteroatoms. The fourth-order valence-corrected chi connectivity index (χ4v) is 11.8. The fraction of sp³-hybridized carbons (Fsp3) is 0.958. The minimum Gasteiger partial charge on any atom is -0.381 e. The van der Waals surface area contributed by atoms with Crippen LogP contribution in [0.1, 0.15) is 154 Å². The van der Waals surface area contributed by atoms with Crippen molar-refractivity contribution in [3.05, 3.63) is 12.2 Å². The predicted molar refractivity (Wildman–Crippen MR) is 245 cm³/mol. The van der Waals surface area contributed by atoms with Gasteiger partial charge in [-0.1, -0.05) is 12.2 Å². The second-order valence-corrected chi connectivity index (χ2v) is 20.4. The van der Waals surface area contributed by atoms with Gasteiger partial charge in [-0.25, -0.2) is 10.6 Å². The van der Waals surface area contributed by atoms with Crippen LogP contribution in [0.25, 0.3) is 0 Å². The molecular formula is C48H88N8O8. The zero-order chi connectivity index (χ0) is 44.1. The highest BCUT2D eigenvalue weighted by molar-refractivity contribution is 4.98. The number of allylic oxidation sites excluding steroid dienone is 2. The highest BCUT2D eigenvalue weighted by Gasteiger charge is 2.37. The predicted octanol–water partition coefficient (Wildman–Crippen LogP) is 5.00. The van der Waals surface area contributed by atoms with Crippen molar-refractivity contribution >= 4 is 0 Å². The van der Waals surface area contributed by atoms with Crippen molar-refractivity contribution in [2.45, 2.75) is 253 Å². The van der Waals surface area contributed by atoms with Gasteiger partial charge in [-0.15, -0.1) is 0 Å². The van der Waals surface area contributed by atoms with Crippen molar-refractivity contribution in [2.75, 3.05) is 28.4 Å². The highest BCUT2D eigenvalue weighted by atomic mass is 16.6. The van der Waals surface area contributed by atoms with Gasteiger partial charge in [0, 0.05) is 40.5 Å². The summed E-state index contributed by atoms with van der Waals surface area (Å²) < 4.78 is 49.0. The van der Waals surface area contributed by atoms with Gasteiger partial charge >= 0.3 is 0 Å². The van der Waals surface area contributed by atoms with Gasteiger partial charge in [-0.2, -0.15) is 0 Å². The minimum absolute atomic E-state index is 0.0999. The van der Waals surface area contributed by atoms with Crippen molar-refractivity contribution in [3.8, 4) is 0 Å². The van der Waals surface area contributed by atoms with Crippen LogP contribution in [0.5, 0.6) is 0 Å². The fourth-order valence-electron chi connectivity index (χ4n) is 11.8. The van der Waals surface area contributed by atoms with Crippen molar-refractivity contribution < 1.29 is 37.9 Å². The summed E-state index contributed by atoms with van der Waals surface area (Å²) >= 11 is 0. The van der Waals surface area contributed by atoms with E-state index in [-0.39, 0.29) is 62.4 Å². The van der Waals surface area contributed by atoms with E-state index in [2.05, 4.69) is 54.7 Å². The lowest BCUT2D eigenvalue weighted by atomic mass is 9.82. The number of ether oxygens (including phenoxy) is 8. The van der Waals surface area contributed by atoms with Crippen LogP contribution in [0.3, 0.4) is 0 Å². The Morgan fingerprint density at radius 3 is 0.766 bits per heavy atom. The van der Waals surface area contributed by atoms with Gasteiger partial charge in [0.15, 0.2) is 25.4 Å². The van der Waals surface area contributed by atoms with E-state index in [0.717, 1.165) is 128 Å². The molecule has 6 aliphatic carbocycles. The average Bonchev–Trinajstić information content (AvgIpc) is 3.32. The molecule has 0 aromatic rings. The van der Waals surface area contributed by atoms with Crippen molar-refractivity contribution in [1.82, 2.24) is 42.5 Å². The molecule has 8 aliphatic rings. The molecular weight excluding hydrogens is 817 g/mol. The first-order valence-electron chi connectivity index (χ1n) is 25.9. The maximum atomic E-state index is 6.62. The van der Waals surface area contributed by atoms with Crippen molar-refractivity contribution in [3.63, 3.8) is 0 Å². The normalized spacial score (nSPS) is 44.2. The van der Waals surface area contributed by atoms with Crippen LogP contribution < -0.4 is 42.5 Å². The maximum Gasteiger partial charge on any atom is 0.169 e.